The molecule has 1 aromatic carbocycles. The summed E-state index contributed by atoms with van der Waals surface area (Å²) in [5.74, 6) is 0.248. The minimum absolute atomic E-state index is 0.110. The molecule has 1 aromatic rings. The summed E-state index contributed by atoms with van der Waals surface area (Å²) in [6.07, 6.45) is 0.428. The van der Waals surface area contributed by atoms with Crippen LogP contribution in [0.4, 0.5) is 0 Å². The number of carbonyl (C=O) groups excluding carboxylic acids is 1. The highest BCUT2D eigenvalue weighted by molar-refractivity contribution is 7.91. The summed E-state index contributed by atoms with van der Waals surface area (Å²) in [5, 5.41) is 0. The van der Waals surface area contributed by atoms with Crippen LogP contribution in [-0.2, 0) is 9.84 Å². The molecule has 0 saturated heterocycles. The molecule has 5 nitrogen and oxygen atoms in total. The van der Waals surface area contributed by atoms with Gasteiger partial charge in [0.15, 0.2) is 0 Å². The highest BCUT2D eigenvalue weighted by atomic mass is 32.2. The maximum atomic E-state index is 11.2. The molecule has 0 heterocycles. The van der Waals surface area contributed by atoms with Crippen LogP contribution in [0.1, 0.15) is 23.7 Å². The van der Waals surface area contributed by atoms with Gasteiger partial charge in [0, 0.05) is 11.3 Å². The molecule has 18 heavy (non-hydrogen) atoms. The van der Waals surface area contributed by atoms with Crippen LogP contribution in [0.25, 0.3) is 0 Å². The Hall–Kier alpha value is -1.56. The van der Waals surface area contributed by atoms with Gasteiger partial charge in [0.1, 0.15) is 15.6 Å². The molecule has 0 aromatic heterocycles. The molecule has 100 valence electrons. The van der Waals surface area contributed by atoms with E-state index in [4.69, 9.17) is 10.5 Å². The minimum atomic E-state index is -2.95. The van der Waals surface area contributed by atoms with E-state index in [9.17, 15) is 13.2 Å². The second-order valence-corrected chi connectivity index (χ2v) is 6.30. The monoisotopic (exact) mass is 271 g/mol. The lowest BCUT2D eigenvalue weighted by atomic mass is 10.2. The molecule has 0 fully saturated rings. The fraction of sp³-hybridized carbons (Fsp3) is 0.417. The standard InChI is InChI=1S/C12H17NO4S/c1-2-18(15,16)8-4-7-17-11-6-3-5-10(9-11)12(13)14/h3,5-6,9H,2,4,7-8H2,1H3,(H2,13,14). The first kappa shape index (κ1) is 14.5. The smallest absolute Gasteiger partial charge is 0.248 e. The van der Waals surface area contributed by atoms with Crippen LogP contribution < -0.4 is 10.5 Å². The number of hydrogen-bond acceptors (Lipinski definition) is 4. The first-order valence-electron chi connectivity index (χ1n) is 5.67. The Labute approximate surface area is 107 Å². The number of nitrogens with two attached hydrogens (primary N) is 1. The molecule has 0 bridgehead atoms. The summed E-state index contributed by atoms with van der Waals surface area (Å²) in [4.78, 5) is 10.9. The zero-order valence-electron chi connectivity index (χ0n) is 10.3. The van der Waals surface area contributed by atoms with Gasteiger partial charge >= 0.3 is 0 Å². The van der Waals surface area contributed by atoms with Gasteiger partial charge in [-0.15, -0.1) is 0 Å². The highest BCUT2D eigenvalue weighted by Gasteiger charge is 2.07. The van der Waals surface area contributed by atoms with Crippen molar-refractivity contribution in [1.82, 2.24) is 0 Å². The van der Waals surface area contributed by atoms with Gasteiger partial charge in [-0.25, -0.2) is 8.42 Å². The van der Waals surface area contributed by atoms with Crippen LogP contribution in [0.5, 0.6) is 5.75 Å². The van der Waals surface area contributed by atoms with Gasteiger partial charge in [-0.1, -0.05) is 13.0 Å². The molecular formula is C12H17NO4S. The largest absolute Gasteiger partial charge is 0.494 e. The SMILES string of the molecule is CCS(=O)(=O)CCCOc1cccc(C(N)=O)c1. The van der Waals surface area contributed by atoms with Gasteiger partial charge in [-0.05, 0) is 24.6 Å². The van der Waals surface area contributed by atoms with E-state index in [1.165, 1.54) is 6.07 Å². The highest BCUT2D eigenvalue weighted by Crippen LogP contribution is 2.13. The second kappa shape index (κ2) is 6.39. The summed E-state index contributed by atoms with van der Waals surface area (Å²) < 4.78 is 27.8. The number of benzene rings is 1. The van der Waals surface area contributed by atoms with Crippen LogP contribution in [0.2, 0.25) is 0 Å². The van der Waals surface area contributed by atoms with Gasteiger partial charge < -0.3 is 10.5 Å². The third kappa shape index (κ3) is 4.75. The number of rotatable bonds is 7. The van der Waals surface area contributed by atoms with Gasteiger partial charge in [-0.2, -0.15) is 0 Å². The van der Waals surface area contributed by atoms with E-state index in [-0.39, 0.29) is 11.5 Å². The Morgan fingerprint density at radius 3 is 2.72 bits per heavy atom. The zero-order chi connectivity index (χ0) is 13.6. The fourth-order valence-electron chi connectivity index (χ4n) is 1.35. The van der Waals surface area contributed by atoms with E-state index in [1.807, 2.05) is 0 Å². The van der Waals surface area contributed by atoms with Crippen LogP contribution in [0, 0.1) is 0 Å². The van der Waals surface area contributed by atoms with E-state index in [1.54, 1.807) is 25.1 Å². The lowest BCUT2D eigenvalue weighted by molar-refractivity contribution is 0.1000. The van der Waals surface area contributed by atoms with Crippen molar-refractivity contribution < 1.29 is 17.9 Å². The number of hydrogen-bond donors (Lipinski definition) is 1. The van der Waals surface area contributed by atoms with Crippen LogP contribution in [0.15, 0.2) is 24.3 Å². The first-order chi connectivity index (χ1) is 8.44. The third-order valence-corrected chi connectivity index (χ3v) is 4.22. The molecule has 0 aliphatic carbocycles. The second-order valence-electron chi connectivity index (χ2n) is 3.83. The summed E-state index contributed by atoms with van der Waals surface area (Å²) in [6.45, 7) is 1.91. The number of carbonyl (C=O) groups is 1. The van der Waals surface area contributed by atoms with E-state index < -0.39 is 15.7 Å². The van der Waals surface area contributed by atoms with Gasteiger partial charge in [-0.3, -0.25) is 4.79 Å². The average Bonchev–Trinajstić information content (AvgIpc) is 2.35. The number of sulfone groups is 1. The Bertz CT molecular complexity index is 511. The Morgan fingerprint density at radius 1 is 1.39 bits per heavy atom. The van der Waals surface area contributed by atoms with E-state index in [2.05, 4.69) is 0 Å². The molecule has 0 atom stereocenters. The number of ether oxygens (including phenoxy) is 1. The molecule has 1 amide bonds. The van der Waals surface area contributed by atoms with E-state index >= 15 is 0 Å². The molecule has 6 heteroatoms. The maximum absolute atomic E-state index is 11.2. The van der Waals surface area contributed by atoms with Crippen molar-refractivity contribution in [1.29, 1.82) is 0 Å². The molecule has 0 spiro atoms. The molecule has 0 aliphatic heterocycles. The lowest BCUT2D eigenvalue weighted by Gasteiger charge is -2.07. The fourth-order valence-corrected chi connectivity index (χ4v) is 2.20. The molecule has 0 saturated carbocycles. The number of amides is 1. The van der Waals surface area contributed by atoms with Crippen molar-refractivity contribution >= 4 is 15.7 Å². The summed E-state index contributed by atoms with van der Waals surface area (Å²) in [5.41, 5.74) is 5.51. The van der Waals surface area contributed by atoms with Gasteiger partial charge in [0.2, 0.25) is 5.91 Å². The van der Waals surface area contributed by atoms with Crippen LogP contribution in [0.3, 0.4) is 0 Å². The van der Waals surface area contributed by atoms with E-state index in [0.717, 1.165) is 0 Å². The quantitative estimate of drug-likeness (QED) is 0.749. The maximum Gasteiger partial charge on any atom is 0.248 e. The van der Waals surface area contributed by atoms with E-state index in [0.29, 0.717) is 24.3 Å². The summed E-state index contributed by atoms with van der Waals surface area (Å²) in [7, 11) is -2.95. The third-order valence-electron chi connectivity index (χ3n) is 2.43. The molecule has 0 aliphatic rings. The molecule has 2 N–H and O–H groups in total. The zero-order valence-corrected chi connectivity index (χ0v) is 11.1. The van der Waals surface area contributed by atoms with Crippen molar-refractivity contribution in [2.75, 3.05) is 18.1 Å². The Morgan fingerprint density at radius 2 is 2.11 bits per heavy atom. The van der Waals surface area contributed by atoms with Crippen molar-refractivity contribution in [3.8, 4) is 5.75 Å². The van der Waals surface area contributed by atoms with Crippen LogP contribution >= 0.6 is 0 Å². The normalized spacial score (nSPS) is 11.2. The lowest BCUT2D eigenvalue weighted by Crippen LogP contribution is -2.12. The molecule has 0 radical (unpaired) electrons. The van der Waals surface area contributed by atoms with Crippen molar-refractivity contribution in [2.45, 2.75) is 13.3 Å². The molecule has 0 unspecified atom stereocenters. The summed E-state index contributed by atoms with van der Waals surface area (Å²) in [6, 6.07) is 6.49. The predicted octanol–water partition coefficient (Wildman–Crippen LogP) is 0.989. The van der Waals surface area contributed by atoms with Crippen LogP contribution in [-0.4, -0.2) is 32.4 Å². The van der Waals surface area contributed by atoms with Crippen molar-refractivity contribution in [2.24, 2.45) is 5.73 Å². The number of primary amides is 1. The van der Waals surface area contributed by atoms with Gasteiger partial charge in [0.25, 0.3) is 0 Å². The first-order valence-corrected chi connectivity index (χ1v) is 7.50. The summed E-state index contributed by atoms with van der Waals surface area (Å²) >= 11 is 0. The minimum Gasteiger partial charge on any atom is -0.494 e. The molecular weight excluding hydrogens is 254 g/mol. The average molecular weight is 271 g/mol. The predicted molar refractivity (Wildman–Crippen MR) is 69.4 cm³/mol. The van der Waals surface area contributed by atoms with Crippen molar-refractivity contribution in [3.63, 3.8) is 0 Å². The molecule has 1 rings (SSSR count). The topological polar surface area (TPSA) is 86.5 Å². The van der Waals surface area contributed by atoms with Gasteiger partial charge in [0.05, 0.1) is 12.4 Å². The Balaban J connectivity index is 2.45. The van der Waals surface area contributed by atoms with Crippen molar-refractivity contribution in [3.05, 3.63) is 29.8 Å². The Kier molecular flexibility index (Phi) is 5.15.